The minimum atomic E-state index is -4.43. The molecule has 0 saturated heterocycles. The van der Waals surface area contributed by atoms with Gasteiger partial charge in [-0.05, 0) is 24.3 Å². The molecule has 21 heavy (non-hydrogen) atoms. The zero-order valence-corrected chi connectivity index (χ0v) is 10.9. The minimum absolute atomic E-state index is 0.00143. The fourth-order valence-electron chi connectivity index (χ4n) is 2.12. The van der Waals surface area contributed by atoms with Crippen molar-refractivity contribution in [1.82, 2.24) is 19.7 Å². The summed E-state index contributed by atoms with van der Waals surface area (Å²) >= 11 is 0. The number of aryl methyl sites for hydroxylation is 1. The van der Waals surface area contributed by atoms with Crippen LogP contribution in [0.25, 0.3) is 22.3 Å². The van der Waals surface area contributed by atoms with Crippen LogP contribution in [0.3, 0.4) is 0 Å². The Morgan fingerprint density at radius 3 is 2.52 bits per heavy atom. The maximum absolute atomic E-state index is 12.9. The lowest BCUT2D eigenvalue weighted by atomic mass is 10.1. The maximum atomic E-state index is 12.9. The Balaban J connectivity index is 2.35. The van der Waals surface area contributed by atoms with Crippen molar-refractivity contribution < 1.29 is 13.2 Å². The fourth-order valence-corrected chi connectivity index (χ4v) is 2.12. The molecule has 3 aromatic rings. The number of nitrogen functional groups attached to an aromatic ring is 1. The predicted molar refractivity (Wildman–Crippen MR) is 71.2 cm³/mol. The van der Waals surface area contributed by atoms with Crippen LogP contribution < -0.4 is 5.73 Å². The Morgan fingerprint density at radius 1 is 1.14 bits per heavy atom. The summed E-state index contributed by atoms with van der Waals surface area (Å²) in [4.78, 5) is 8.03. The molecule has 0 aliphatic carbocycles. The molecule has 0 aliphatic heterocycles. The second-order valence-electron chi connectivity index (χ2n) is 4.50. The van der Waals surface area contributed by atoms with Gasteiger partial charge in [0.2, 0.25) is 5.95 Å². The van der Waals surface area contributed by atoms with E-state index >= 15 is 0 Å². The molecule has 0 amide bonds. The third-order valence-electron chi connectivity index (χ3n) is 3.10. The number of rotatable bonds is 1. The van der Waals surface area contributed by atoms with Crippen LogP contribution in [0.4, 0.5) is 19.1 Å². The highest BCUT2D eigenvalue weighted by Crippen LogP contribution is 2.34. The van der Waals surface area contributed by atoms with E-state index in [2.05, 4.69) is 15.1 Å². The van der Waals surface area contributed by atoms with Crippen LogP contribution in [0.1, 0.15) is 5.56 Å². The van der Waals surface area contributed by atoms with Crippen molar-refractivity contribution >= 4 is 16.9 Å². The van der Waals surface area contributed by atoms with E-state index in [0.717, 1.165) is 12.1 Å². The molecule has 0 spiro atoms. The molecule has 2 N–H and O–H groups in total. The molecule has 2 aromatic heterocycles. The first-order valence-electron chi connectivity index (χ1n) is 5.99. The Morgan fingerprint density at radius 2 is 1.90 bits per heavy atom. The van der Waals surface area contributed by atoms with Crippen LogP contribution in [0.15, 0.2) is 30.5 Å². The van der Waals surface area contributed by atoms with Crippen LogP contribution in [0.2, 0.25) is 0 Å². The quantitative estimate of drug-likeness (QED) is 0.748. The molecule has 8 heteroatoms. The zero-order chi connectivity index (χ0) is 15.2. The van der Waals surface area contributed by atoms with Crippen LogP contribution >= 0.6 is 0 Å². The van der Waals surface area contributed by atoms with Gasteiger partial charge in [0.1, 0.15) is 5.69 Å². The molecular weight excluding hydrogens is 283 g/mol. The molecule has 5 nitrogen and oxygen atoms in total. The largest absolute Gasteiger partial charge is 0.416 e. The summed E-state index contributed by atoms with van der Waals surface area (Å²) < 4.78 is 40.1. The molecule has 1 aromatic carbocycles. The predicted octanol–water partition coefficient (Wildman–Crippen LogP) is 2.63. The van der Waals surface area contributed by atoms with Crippen molar-refractivity contribution in [3.63, 3.8) is 0 Å². The Labute approximate surface area is 117 Å². The summed E-state index contributed by atoms with van der Waals surface area (Å²) in [5, 5.41) is 4.27. The van der Waals surface area contributed by atoms with Crippen LogP contribution in [-0.4, -0.2) is 19.7 Å². The molecule has 0 saturated carbocycles. The van der Waals surface area contributed by atoms with E-state index in [-0.39, 0.29) is 11.3 Å². The first kappa shape index (κ1) is 13.3. The number of nitrogens with two attached hydrogens (primary N) is 1. The highest BCUT2D eigenvalue weighted by molar-refractivity contribution is 5.92. The summed E-state index contributed by atoms with van der Waals surface area (Å²) in [5.74, 6) is -0.00143. The number of alkyl halides is 3. The normalized spacial score (nSPS) is 12.0. The Bertz CT molecular complexity index is 822. The van der Waals surface area contributed by atoms with Crippen LogP contribution in [0, 0.1) is 0 Å². The SMILES string of the molecule is Cn1nccc1-c1nc(N)nc2ccc(C(F)(F)F)cc12. The lowest BCUT2D eigenvalue weighted by Gasteiger charge is -2.10. The number of hydrogen-bond acceptors (Lipinski definition) is 4. The highest BCUT2D eigenvalue weighted by atomic mass is 19.4. The van der Waals surface area contributed by atoms with Gasteiger partial charge in [-0.2, -0.15) is 18.3 Å². The molecule has 0 unspecified atom stereocenters. The summed E-state index contributed by atoms with van der Waals surface area (Å²) in [6.07, 6.45) is -2.90. The van der Waals surface area contributed by atoms with Crippen molar-refractivity contribution in [3.05, 3.63) is 36.0 Å². The number of hydrogen-bond donors (Lipinski definition) is 1. The van der Waals surface area contributed by atoms with Gasteiger partial charge in [-0.25, -0.2) is 9.97 Å². The van der Waals surface area contributed by atoms with Crippen molar-refractivity contribution in [1.29, 1.82) is 0 Å². The molecule has 2 heterocycles. The van der Waals surface area contributed by atoms with E-state index in [1.807, 2.05) is 0 Å². The van der Waals surface area contributed by atoms with Crippen LogP contribution in [0.5, 0.6) is 0 Å². The van der Waals surface area contributed by atoms with E-state index in [4.69, 9.17) is 5.73 Å². The van der Waals surface area contributed by atoms with Crippen molar-refractivity contribution in [2.24, 2.45) is 7.05 Å². The van der Waals surface area contributed by atoms with Gasteiger partial charge in [-0.1, -0.05) is 0 Å². The van der Waals surface area contributed by atoms with Gasteiger partial charge in [0, 0.05) is 18.6 Å². The smallest absolute Gasteiger partial charge is 0.368 e. The molecule has 0 bridgehead atoms. The van der Waals surface area contributed by atoms with Gasteiger partial charge in [-0.15, -0.1) is 0 Å². The van der Waals surface area contributed by atoms with Gasteiger partial charge >= 0.3 is 6.18 Å². The van der Waals surface area contributed by atoms with Gasteiger partial charge in [0.05, 0.1) is 16.8 Å². The number of benzene rings is 1. The number of nitrogens with zero attached hydrogens (tertiary/aromatic N) is 4. The first-order valence-corrected chi connectivity index (χ1v) is 5.99. The average Bonchev–Trinajstić information content (AvgIpc) is 2.82. The second kappa shape index (κ2) is 4.44. The summed E-state index contributed by atoms with van der Waals surface area (Å²) in [6, 6.07) is 4.94. The lowest BCUT2D eigenvalue weighted by Crippen LogP contribution is -2.06. The van der Waals surface area contributed by atoms with Gasteiger partial charge in [-0.3, -0.25) is 4.68 Å². The van der Waals surface area contributed by atoms with Crippen molar-refractivity contribution in [3.8, 4) is 11.4 Å². The molecule has 0 atom stereocenters. The number of fused-ring (bicyclic) bond motifs is 1. The lowest BCUT2D eigenvalue weighted by molar-refractivity contribution is -0.137. The summed E-state index contributed by atoms with van der Waals surface area (Å²) in [5.41, 5.74) is 6.11. The number of aromatic nitrogens is 4. The monoisotopic (exact) mass is 293 g/mol. The molecular formula is C13H10F3N5. The molecule has 0 fully saturated rings. The summed E-state index contributed by atoms with van der Waals surface area (Å²) in [7, 11) is 1.67. The van der Waals surface area contributed by atoms with Crippen molar-refractivity contribution in [2.45, 2.75) is 6.18 Å². The topological polar surface area (TPSA) is 69.6 Å². The minimum Gasteiger partial charge on any atom is -0.368 e. The van der Waals surface area contributed by atoms with E-state index in [0.29, 0.717) is 16.9 Å². The summed E-state index contributed by atoms with van der Waals surface area (Å²) in [6.45, 7) is 0. The molecule has 0 radical (unpaired) electrons. The first-order chi connectivity index (χ1) is 9.86. The Hall–Kier alpha value is -2.64. The van der Waals surface area contributed by atoms with Gasteiger partial charge in [0.25, 0.3) is 0 Å². The van der Waals surface area contributed by atoms with E-state index in [9.17, 15) is 13.2 Å². The number of anilines is 1. The standard InChI is InChI=1S/C13H10F3N5/c1-21-10(4-5-18-21)11-8-6-7(13(14,15)16)2-3-9(8)19-12(17)20-11/h2-6H,1H3,(H2,17,19,20). The number of halogens is 3. The van der Waals surface area contributed by atoms with Crippen LogP contribution in [-0.2, 0) is 13.2 Å². The van der Waals surface area contributed by atoms with Gasteiger partial charge < -0.3 is 5.73 Å². The average molecular weight is 293 g/mol. The van der Waals surface area contributed by atoms with Crippen molar-refractivity contribution in [2.75, 3.05) is 5.73 Å². The third kappa shape index (κ3) is 2.28. The van der Waals surface area contributed by atoms with E-state index in [1.165, 1.54) is 16.9 Å². The maximum Gasteiger partial charge on any atom is 0.416 e. The molecule has 3 rings (SSSR count). The molecule has 108 valence electrons. The zero-order valence-electron chi connectivity index (χ0n) is 10.9. The van der Waals surface area contributed by atoms with Gasteiger partial charge in [0.15, 0.2) is 0 Å². The Kier molecular flexibility index (Phi) is 2.82. The highest BCUT2D eigenvalue weighted by Gasteiger charge is 2.31. The van der Waals surface area contributed by atoms with E-state index in [1.54, 1.807) is 13.1 Å². The van der Waals surface area contributed by atoms with E-state index < -0.39 is 11.7 Å². The molecule has 0 aliphatic rings. The fraction of sp³-hybridized carbons (Fsp3) is 0.154. The second-order valence-corrected chi connectivity index (χ2v) is 4.50. The third-order valence-corrected chi connectivity index (χ3v) is 3.10.